The van der Waals surface area contributed by atoms with Crippen molar-refractivity contribution in [3.05, 3.63) is 22.4 Å². The van der Waals surface area contributed by atoms with Gasteiger partial charge in [0.15, 0.2) is 0 Å². The maximum Gasteiger partial charge on any atom is 0.0584 e. The third kappa shape index (κ3) is 4.33. The molecule has 0 fully saturated rings. The van der Waals surface area contributed by atoms with Crippen LogP contribution in [-0.2, 0) is 6.42 Å². The van der Waals surface area contributed by atoms with Gasteiger partial charge in [-0.1, -0.05) is 19.9 Å². The highest BCUT2D eigenvalue weighted by atomic mass is 32.1. The van der Waals surface area contributed by atoms with Gasteiger partial charge in [0.2, 0.25) is 0 Å². The monoisotopic (exact) mass is 227 g/mol. The predicted octanol–water partition coefficient (Wildman–Crippen LogP) is 2.43. The molecule has 0 radical (unpaired) electrons. The lowest BCUT2D eigenvalue weighted by atomic mass is 10.1. The van der Waals surface area contributed by atoms with Gasteiger partial charge in [0.25, 0.3) is 0 Å². The molecule has 0 spiro atoms. The summed E-state index contributed by atoms with van der Waals surface area (Å²) in [4.78, 5) is 1.42. The van der Waals surface area contributed by atoms with E-state index in [2.05, 4.69) is 36.7 Å². The van der Waals surface area contributed by atoms with Crippen molar-refractivity contribution in [2.45, 2.75) is 45.2 Å². The van der Waals surface area contributed by atoms with E-state index in [1.165, 1.54) is 4.88 Å². The van der Waals surface area contributed by atoms with Crippen LogP contribution in [-0.4, -0.2) is 23.8 Å². The van der Waals surface area contributed by atoms with E-state index in [4.69, 9.17) is 5.11 Å². The SMILES string of the molecule is CCC(CO)NC(CC)Cc1cccs1. The minimum atomic E-state index is 0.234. The zero-order valence-corrected chi connectivity index (χ0v) is 10.4. The molecule has 1 aromatic heterocycles. The first-order chi connectivity index (χ1) is 7.30. The Morgan fingerprint density at radius 2 is 2.07 bits per heavy atom. The van der Waals surface area contributed by atoms with Gasteiger partial charge < -0.3 is 10.4 Å². The van der Waals surface area contributed by atoms with Gasteiger partial charge in [-0.3, -0.25) is 0 Å². The number of nitrogens with one attached hydrogen (secondary N) is 1. The first-order valence-electron chi connectivity index (χ1n) is 5.69. The van der Waals surface area contributed by atoms with Gasteiger partial charge in [0.1, 0.15) is 0 Å². The molecule has 0 saturated heterocycles. The molecule has 86 valence electrons. The Balaban J connectivity index is 2.42. The van der Waals surface area contributed by atoms with Crippen molar-refractivity contribution in [3.63, 3.8) is 0 Å². The van der Waals surface area contributed by atoms with Crippen LogP contribution in [0.15, 0.2) is 17.5 Å². The molecule has 0 aromatic carbocycles. The van der Waals surface area contributed by atoms with Gasteiger partial charge >= 0.3 is 0 Å². The Labute approximate surface area is 96.3 Å². The molecule has 2 unspecified atom stereocenters. The smallest absolute Gasteiger partial charge is 0.0584 e. The molecule has 0 aliphatic heterocycles. The Hall–Kier alpha value is -0.380. The van der Waals surface area contributed by atoms with Gasteiger partial charge in [0.05, 0.1) is 6.61 Å². The number of hydrogen-bond donors (Lipinski definition) is 2. The molecule has 0 aliphatic rings. The summed E-state index contributed by atoms with van der Waals surface area (Å²) in [5, 5.41) is 14.8. The van der Waals surface area contributed by atoms with Crippen molar-refractivity contribution in [3.8, 4) is 0 Å². The lowest BCUT2D eigenvalue weighted by Crippen LogP contribution is -2.40. The molecule has 2 nitrogen and oxygen atoms in total. The van der Waals surface area contributed by atoms with E-state index in [1.807, 2.05) is 0 Å². The Morgan fingerprint density at radius 3 is 2.53 bits per heavy atom. The second kappa shape index (κ2) is 6.99. The molecule has 1 aromatic rings. The second-order valence-corrected chi connectivity index (χ2v) is 4.88. The minimum Gasteiger partial charge on any atom is -0.395 e. The number of aliphatic hydroxyl groups excluding tert-OH is 1. The summed E-state index contributed by atoms with van der Waals surface area (Å²) < 4.78 is 0. The summed E-state index contributed by atoms with van der Waals surface area (Å²) in [6.45, 7) is 4.53. The summed E-state index contributed by atoms with van der Waals surface area (Å²) in [7, 11) is 0. The predicted molar refractivity (Wildman–Crippen MR) is 66.4 cm³/mol. The van der Waals surface area contributed by atoms with Crippen molar-refractivity contribution in [1.29, 1.82) is 0 Å². The van der Waals surface area contributed by atoms with E-state index in [0.717, 1.165) is 19.3 Å². The van der Waals surface area contributed by atoms with Crippen molar-refractivity contribution in [2.75, 3.05) is 6.61 Å². The highest BCUT2D eigenvalue weighted by Gasteiger charge is 2.12. The zero-order chi connectivity index (χ0) is 11.1. The van der Waals surface area contributed by atoms with Gasteiger partial charge in [-0.15, -0.1) is 11.3 Å². The maximum absolute atomic E-state index is 9.14. The largest absolute Gasteiger partial charge is 0.395 e. The quantitative estimate of drug-likeness (QED) is 0.750. The molecule has 2 atom stereocenters. The second-order valence-electron chi connectivity index (χ2n) is 3.84. The normalized spacial score (nSPS) is 15.1. The van der Waals surface area contributed by atoms with E-state index in [1.54, 1.807) is 11.3 Å². The number of thiophene rings is 1. The number of aliphatic hydroxyl groups is 1. The minimum absolute atomic E-state index is 0.234. The van der Waals surface area contributed by atoms with Crippen LogP contribution in [0.1, 0.15) is 31.6 Å². The van der Waals surface area contributed by atoms with E-state index in [-0.39, 0.29) is 12.6 Å². The lowest BCUT2D eigenvalue weighted by molar-refractivity contribution is 0.226. The molecule has 3 heteroatoms. The molecule has 0 aliphatic carbocycles. The molecular formula is C12H21NOS. The van der Waals surface area contributed by atoms with Crippen LogP contribution in [0.2, 0.25) is 0 Å². The number of hydrogen-bond acceptors (Lipinski definition) is 3. The van der Waals surface area contributed by atoms with Crippen LogP contribution in [0.5, 0.6) is 0 Å². The summed E-state index contributed by atoms with van der Waals surface area (Å²) in [5.74, 6) is 0. The molecule has 15 heavy (non-hydrogen) atoms. The average molecular weight is 227 g/mol. The molecule has 1 heterocycles. The van der Waals surface area contributed by atoms with Crippen molar-refractivity contribution < 1.29 is 5.11 Å². The van der Waals surface area contributed by atoms with Crippen molar-refractivity contribution in [2.24, 2.45) is 0 Å². The fraction of sp³-hybridized carbons (Fsp3) is 0.667. The molecule has 0 bridgehead atoms. The van der Waals surface area contributed by atoms with Crippen LogP contribution >= 0.6 is 11.3 Å². The van der Waals surface area contributed by atoms with E-state index in [0.29, 0.717) is 6.04 Å². The van der Waals surface area contributed by atoms with Crippen molar-refractivity contribution in [1.82, 2.24) is 5.32 Å². The Bertz CT molecular complexity index is 244. The highest BCUT2D eigenvalue weighted by Crippen LogP contribution is 2.13. The van der Waals surface area contributed by atoms with E-state index < -0.39 is 0 Å². The summed E-state index contributed by atoms with van der Waals surface area (Å²) in [6, 6.07) is 5.00. The van der Waals surface area contributed by atoms with Gasteiger partial charge in [0, 0.05) is 17.0 Å². The lowest BCUT2D eigenvalue weighted by Gasteiger charge is -2.22. The standard InChI is InChI=1S/C12H21NOS/c1-3-10(13-11(4-2)9-14)8-12-6-5-7-15-12/h5-7,10-11,13-14H,3-4,8-9H2,1-2H3. The summed E-state index contributed by atoms with van der Waals surface area (Å²) in [6.07, 6.45) is 3.16. The average Bonchev–Trinajstić information content (AvgIpc) is 2.76. The third-order valence-electron chi connectivity index (χ3n) is 2.71. The zero-order valence-electron chi connectivity index (χ0n) is 9.57. The molecule has 1 rings (SSSR count). The summed E-state index contributed by atoms with van der Waals surface area (Å²) >= 11 is 1.81. The third-order valence-corrected chi connectivity index (χ3v) is 3.60. The number of rotatable bonds is 7. The van der Waals surface area contributed by atoms with Crippen LogP contribution in [0, 0.1) is 0 Å². The van der Waals surface area contributed by atoms with Crippen LogP contribution in [0.4, 0.5) is 0 Å². The van der Waals surface area contributed by atoms with Gasteiger partial charge in [-0.25, -0.2) is 0 Å². The van der Waals surface area contributed by atoms with E-state index in [9.17, 15) is 0 Å². The molecule has 0 saturated carbocycles. The fourth-order valence-corrected chi connectivity index (χ4v) is 2.41. The van der Waals surface area contributed by atoms with E-state index >= 15 is 0 Å². The van der Waals surface area contributed by atoms with Crippen LogP contribution in [0.25, 0.3) is 0 Å². The Morgan fingerprint density at radius 1 is 1.33 bits per heavy atom. The molecular weight excluding hydrogens is 206 g/mol. The van der Waals surface area contributed by atoms with Crippen molar-refractivity contribution >= 4 is 11.3 Å². The molecule has 2 N–H and O–H groups in total. The molecule has 0 amide bonds. The topological polar surface area (TPSA) is 32.3 Å². The Kier molecular flexibility index (Phi) is 5.91. The fourth-order valence-electron chi connectivity index (χ4n) is 1.63. The highest BCUT2D eigenvalue weighted by molar-refractivity contribution is 7.09. The summed E-state index contributed by atoms with van der Waals surface area (Å²) in [5.41, 5.74) is 0. The maximum atomic E-state index is 9.14. The van der Waals surface area contributed by atoms with Gasteiger partial charge in [-0.2, -0.15) is 0 Å². The first kappa shape index (κ1) is 12.7. The first-order valence-corrected chi connectivity index (χ1v) is 6.57. The van der Waals surface area contributed by atoms with Gasteiger partial charge in [-0.05, 0) is 30.7 Å². The van der Waals surface area contributed by atoms with Crippen LogP contribution < -0.4 is 5.32 Å². The van der Waals surface area contributed by atoms with Crippen LogP contribution in [0.3, 0.4) is 0 Å².